The molecule has 3 heterocycles. The summed E-state index contributed by atoms with van der Waals surface area (Å²) in [6, 6.07) is 8.27. The van der Waals surface area contributed by atoms with E-state index in [1.54, 1.807) is 0 Å². The van der Waals surface area contributed by atoms with Crippen LogP contribution < -0.4 is 0 Å². The van der Waals surface area contributed by atoms with Crippen molar-refractivity contribution in [1.29, 1.82) is 0 Å². The van der Waals surface area contributed by atoms with E-state index in [1.807, 2.05) is 22.8 Å². The van der Waals surface area contributed by atoms with Gasteiger partial charge in [-0.05, 0) is 37.0 Å². The van der Waals surface area contributed by atoms with E-state index in [9.17, 15) is 4.79 Å². The number of nitrogens with zero attached hydrogens (tertiary/aromatic N) is 4. The van der Waals surface area contributed by atoms with Crippen molar-refractivity contribution in [3.05, 3.63) is 36.2 Å². The summed E-state index contributed by atoms with van der Waals surface area (Å²) < 4.78 is 1.93. The summed E-state index contributed by atoms with van der Waals surface area (Å²) in [5.41, 5.74) is 2.24. The zero-order valence-corrected chi connectivity index (χ0v) is 14.2. The quantitative estimate of drug-likeness (QED) is 0.867. The number of rotatable bonds is 4. The van der Waals surface area contributed by atoms with Crippen LogP contribution in [0.4, 0.5) is 0 Å². The molecule has 0 aromatic carbocycles. The van der Waals surface area contributed by atoms with Gasteiger partial charge in [0.1, 0.15) is 0 Å². The maximum Gasteiger partial charge on any atom is 0.222 e. The van der Waals surface area contributed by atoms with Crippen LogP contribution in [0.15, 0.2) is 30.5 Å². The number of aromatic nitrogens is 2. The van der Waals surface area contributed by atoms with Gasteiger partial charge in [-0.3, -0.25) is 9.69 Å². The van der Waals surface area contributed by atoms with Crippen LogP contribution >= 0.6 is 0 Å². The minimum Gasteiger partial charge on any atom is -0.340 e. The third kappa shape index (κ3) is 3.46. The first-order valence-corrected chi connectivity index (χ1v) is 9.21. The summed E-state index contributed by atoms with van der Waals surface area (Å²) in [7, 11) is 0. The normalized spacial score (nSPS) is 20.1. The van der Waals surface area contributed by atoms with Crippen molar-refractivity contribution in [1.82, 2.24) is 19.4 Å². The summed E-state index contributed by atoms with van der Waals surface area (Å²) in [5, 5.41) is 4.62. The Morgan fingerprint density at radius 1 is 1.12 bits per heavy atom. The van der Waals surface area contributed by atoms with Gasteiger partial charge in [-0.15, -0.1) is 0 Å². The second-order valence-electron chi connectivity index (χ2n) is 7.22. The Morgan fingerprint density at radius 3 is 2.67 bits per heavy atom. The number of amides is 1. The average molecular weight is 326 g/mol. The topological polar surface area (TPSA) is 40.9 Å². The number of carbonyl (C=O) groups is 1. The maximum absolute atomic E-state index is 12.4. The van der Waals surface area contributed by atoms with Crippen LogP contribution in [0, 0.1) is 5.92 Å². The fraction of sp³-hybridized carbons (Fsp3) is 0.579. The summed E-state index contributed by atoms with van der Waals surface area (Å²) in [6.07, 6.45) is 7.87. The number of carbonyl (C=O) groups excluding carboxylic acids is 1. The lowest BCUT2D eigenvalue weighted by Gasteiger charge is -2.34. The Kier molecular flexibility index (Phi) is 4.52. The van der Waals surface area contributed by atoms with Gasteiger partial charge in [0.15, 0.2) is 0 Å². The van der Waals surface area contributed by atoms with Crippen molar-refractivity contribution < 1.29 is 4.79 Å². The molecule has 5 heteroatoms. The van der Waals surface area contributed by atoms with E-state index in [2.05, 4.69) is 27.0 Å². The van der Waals surface area contributed by atoms with Crippen LogP contribution in [0.2, 0.25) is 0 Å². The Hall–Kier alpha value is -1.88. The van der Waals surface area contributed by atoms with Crippen molar-refractivity contribution in [2.45, 2.75) is 38.6 Å². The molecule has 1 saturated heterocycles. The second-order valence-corrected chi connectivity index (χ2v) is 7.22. The van der Waals surface area contributed by atoms with Crippen molar-refractivity contribution in [3.63, 3.8) is 0 Å². The molecule has 1 saturated carbocycles. The van der Waals surface area contributed by atoms with Crippen LogP contribution in [0.25, 0.3) is 5.52 Å². The van der Waals surface area contributed by atoms with E-state index >= 15 is 0 Å². The highest BCUT2D eigenvalue weighted by Gasteiger charge is 2.25. The summed E-state index contributed by atoms with van der Waals surface area (Å²) in [5.74, 6) is 1.02. The summed E-state index contributed by atoms with van der Waals surface area (Å²) in [4.78, 5) is 16.9. The van der Waals surface area contributed by atoms with E-state index < -0.39 is 0 Å². The van der Waals surface area contributed by atoms with Gasteiger partial charge < -0.3 is 4.90 Å². The van der Waals surface area contributed by atoms with Gasteiger partial charge in [0, 0.05) is 45.3 Å². The average Bonchev–Trinajstić information content (AvgIpc) is 3.24. The van der Waals surface area contributed by atoms with Crippen LogP contribution in [-0.4, -0.2) is 51.5 Å². The largest absolute Gasteiger partial charge is 0.340 e. The number of hydrogen-bond donors (Lipinski definition) is 0. The first-order valence-electron chi connectivity index (χ1n) is 9.21. The number of pyridine rings is 1. The highest BCUT2D eigenvalue weighted by molar-refractivity contribution is 5.76. The summed E-state index contributed by atoms with van der Waals surface area (Å²) in [6.45, 7) is 4.48. The Bertz CT molecular complexity index is 663. The van der Waals surface area contributed by atoms with Gasteiger partial charge in [-0.25, -0.2) is 4.52 Å². The Labute approximate surface area is 143 Å². The third-order valence-electron chi connectivity index (χ3n) is 5.47. The molecule has 0 spiro atoms. The van der Waals surface area contributed by atoms with E-state index in [0.717, 1.165) is 50.4 Å². The Morgan fingerprint density at radius 2 is 1.92 bits per heavy atom. The molecule has 1 aliphatic carbocycles. The predicted molar refractivity (Wildman–Crippen MR) is 93.6 cm³/mol. The Balaban J connectivity index is 1.28. The fourth-order valence-corrected chi connectivity index (χ4v) is 4.04. The first-order chi connectivity index (χ1) is 11.8. The molecule has 0 N–H and O–H groups in total. The standard InChI is InChI=1S/C19H26N4O/c24-19(13-16-5-1-2-6-16)22-11-9-21(10-12-22)15-17-14-18-7-3-4-8-23(18)20-17/h3-4,7-8,14,16H,1-2,5-6,9-13,15H2. The van der Waals surface area contributed by atoms with E-state index in [0.29, 0.717) is 11.8 Å². The molecule has 5 nitrogen and oxygen atoms in total. The maximum atomic E-state index is 12.4. The number of piperazine rings is 1. The van der Waals surface area contributed by atoms with Crippen LogP contribution in [0.5, 0.6) is 0 Å². The molecule has 0 bridgehead atoms. The van der Waals surface area contributed by atoms with Gasteiger partial charge in [-0.1, -0.05) is 18.9 Å². The third-order valence-corrected chi connectivity index (χ3v) is 5.47. The fourth-order valence-electron chi connectivity index (χ4n) is 4.04. The zero-order valence-electron chi connectivity index (χ0n) is 14.2. The lowest BCUT2D eigenvalue weighted by molar-refractivity contribution is -0.134. The molecule has 24 heavy (non-hydrogen) atoms. The SMILES string of the molecule is O=C(CC1CCCC1)N1CCN(Cc2cc3ccccn3n2)CC1. The molecule has 1 aliphatic heterocycles. The first kappa shape index (κ1) is 15.6. The number of hydrogen-bond acceptors (Lipinski definition) is 3. The van der Waals surface area contributed by atoms with E-state index in [4.69, 9.17) is 0 Å². The van der Waals surface area contributed by atoms with Gasteiger partial charge in [-0.2, -0.15) is 5.10 Å². The van der Waals surface area contributed by atoms with Gasteiger partial charge in [0.05, 0.1) is 11.2 Å². The van der Waals surface area contributed by atoms with Gasteiger partial charge in [0.25, 0.3) is 0 Å². The molecule has 0 radical (unpaired) electrons. The molecular formula is C19H26N4O. The minimum atomic E-state index is 0.370. The molecule has 2 aromatic rings. The molecule has 1 amide bonds. The second kappa shape index (κ2) is 6.93. The van der Waals surface area contributed by atoms with Crippen molar-refractivity contribution in [2.24, 2.45) is 5.92 Å². The monoisotopic (exact) mass is 326 g/mol. The zero-order chi connectivity index (χ0) is 16.4. The van der Waals surface area contributed by atoms with Crippen LogP contribution in [-0.2, 0) is 11.3 Å². The predicted octanol–water partition coefficient (Wildman–Crippen LogP) is 2.56. The van der Waals surface area contributed by atoms with Crippen LogP contribution in [0.3, 0.4) is 0 Å². The van der Waals surface area contributed by atoms with Crippen molar-refractivity contribution in [2.75, 3.05) is 26.2 Å². The van der Waals surface area contributed by atoms with E-state index in [-0.39, 0.29) is 0 Å². The number of fused-ring (bicyclic) bond motifs is 1. The smallest absolute Gasteiger partial charge is 0.222 e. The molecule has 2 aromatic heterocycles. The van der Waals surface area contributed by atoms with Gasteiger partial charge in [0.2, 0.25) is 5.91 Å². The van der Waals surface area contributed by atoms with E-state index in [1.165, 1.54) is 25.7 Å². The molecular weight excluding hydrogens is 300 g/mol. The lowest BCUT2D eigenvalue weighted by atomic mass is 10.0. The highest BCUT2D eigenvalue weighted by Crippen LogP contribution is 2.28. The molecule has 4 rings (SSSR count). The molecule has 2 fully saturated rings. The molecule has 2 aliphatic rings. The van der Waals surface area contributed by atoms with Crippen LogP contribution in [0.1, 0.15) is 37.8 Å². The van der Waals surface area contributed by atoms with Crippen molar-refractivity contribution in [3.8, 4) is 0 Å². The molecule has 0 unspecified atom stereocenters. The lowest BCUT2D eigenvalue weighted by Crippen LogP contribution is -2.48. The van der Waals surface area contributed by atoms with Crippen molar-refractivity contribution >= 4 is 11.4 Å². The molecule has 128 valence electrons. The van der Waals surface area contributed by atoms with Gasteiger partial charge >= 0.3 is 0 Å². The summed E-state index contributed by atoms with van der Waals surface area (Å²) >= 11 is 0. The minimum absolute atomic E-state index is 0.370. The molecule has 0 atom stereocenters. The highest BCUT2D eigenvalue weighted by atomic mass is 16.2.